The van der Waals surface area contributed by atoms with E-state index in [-0.39, 0.29) is 5.25 Å². The Hall–Kier alpha value is -1.80. The van der Waals surface area contributed by atoms with Gasteiger partial charge in [0, 0.05) is 5.56 Å². The molecule has 0 aliphatic carbocycles. The van der Waals surface area contributed by atoms with Crippen molar-refractivity contribution in [2.24, 2.45) is 0 Å². The molecule has 1 N–H and O–H groups in total. The smallest absolute Gasteiger partial charge is 0.210 e. The number of rotatable bonds is 4. The van der Waals surface area contributed by atoms with Crippen LogP contribution < -0.4 is 0 Å². The Balaban J connectivity index is 2.16. The fraction of sp³-hybridized carbons (Fsp3) is 0.308. The van der Waals surface area contributed by atoms with E-state index in [1.165, 1.54) is 17.3 Å². The van der Waals surface area contributed by atoms with E-state index in [2.05, 4.69) is 40.3 Å². The Morgan fingerprint density at radius 3 is 2.72 bits per heavy atom. The molecule has 0 saturated carbocycles. The molecule has 2 aromatic rings. The first kappa shape index (κ1) is 12.7. The van der Waals surface area contributed by atoms with Gasteiger partial charge in [0.1, 0.15) is 0 Å². The van der Waals surface area contributed by atoms with Crippen LogP contribution in [-0.4, -0.2) is 20.4 Å². The Morgan fingerprint density at radius 1 is 1.39 bits per heavy atom. The van der Waals surface area contributed by atoms with Gasteiger partial charge >= 0.3 is 0 Å². The van der Waals surface area contributed by atoms with Crippen molar-refractivity contribution < 1.29 is 0 Å². The summed E-state index contributed by atoms with van der Waals surface area (Å²) < 4.78 is 0. The van der Waals surface area contributed by atoms with Crippen molar-refractivity contribution in [3.8, 4) is 17.5 Å². The van der Waals surface area contributed by atoms with Crippen LogP contribution in [0.4, 0.5) is 0 Å². The van der Waals surface area contributed by atoms with Gasteiger partial charge in [0.05, 0.1) is 11.3 Å². The number of nitrogens with one attached hydrogen (secondary N) is 1. The number of benzene rings is 1. The van der Waals surface area contributed by atoms with E-state index in [0.717, 1.165) is 17.8 Å². The van der Waals surface area contributed by atoms with E-state index < -0.39 is 0 Å². The Kier molecular flexibility index (Phi) is 4.00. The topological polar surface area (TPSA) is 65.4 Å². The average molecular weight is 258 g/mol. The molecule has 1 aromatic carbocycles. The summed E-state index contributed by atoms with van der Waals surface area (Å²) in [6.07, 6.45) is 1.03. The summed E-state index contributed by atoms with van der Waals surface area (Å²) in [6, 6.07) is 10.4. The second-order valence-electron chi connectivity index (χ2n) is 3.91. The number of nitriles is 1. The number of hydrogen-bond acceptors (Lipinski definition) is 4. The predicted octanol–water partition coefficient (Wildman–Crippen LogP) is 3.04. The molecule has 5 heteroatoms. The predicted molar refractivity (Wildman–Crippen MR) is 72.1 cm³/mol. The van der Waals surface area contributed by atoms with E-state index >= 15 is 0 Å². The standard InChI is InChI=1S/C13H14N4S/c1-3-10-4-6-11(7-5-10)12-15-13(17-16-12)18-9(2)8-14/h4-7,9H,3H2,1-2H3,(H,15,16,17)/t9-/m0/s1. The molecule has 0 saturated heterocycles. The molecule has 0 spiro atoms. The summed E-state index contributed by atoms with van der Waals surface area (Å²) in [5.74, 6) is 0.741. The molecule has 0 radical (unpaired) electrons. The molecule has 0 aliphatic heterocycles. The Bertz CT molecular complexity index is 553. The first-order valence-electron chi connectivity index (χ1n) is 5.81. The van der Waals surface area contributed by atoms with Crippen LogP contribution in [0.15, 0.2) is 29.4 Å². The molecule has 0 unspecified atom stereocenters. The molecule has 2 rings (SSSR count). The fourth-order valence-corrected chi connectivity index (χ4v) is 2.12. The summed E-state index contributed by atoms with van der Waals surface area (Å²) in [5, 5.41) is 16.2. The molecule has 1 atom stereocenters. The fourth-order valence-electron chi connectivity index (χ4n) is 1.51. The third-order valence-corrected chi connectivity index (χ3v) is 3.42. The lowest BCUT2D eigenvalue weighted by molar-refractivity contribution is 0.969. The van der Waals surface area contributed by atoms with Crippen LogP contribution in [-0.2, 0) is 6.42 Å². The maximum atomic E-state index is 8.74. The third-order valence-electron chi connectivity index (χ3n) is 2.56. The minimum atomic E-state index is -0.142. The van der Waals surface area contributed by atoms with Crippen molar-refractivity contribution in [1.82, 2.24) is 15.2 Å². The Morgan fingerprint density at radius 2 is 2.11 bits per heavy atom. The van der Waals surface area contributed by atoms with Crippen molar-refractivity contribution >= 4 is 11.8 Å². The van der Waals surface area contributed by atoms with E-state index in [1.807, 2.05) is 19.1 Å². The summed E-state index contributed by atoms with van der Waals surface area (Å²) in [6.45, 7) is 3.96. The van der Waals surface area contributed by atoms with Crippen molar-refractivity contribution in [3.05, 3.63) is 29.8 Å². The third kappa shape index (κ3) is 2.90. The van der Waals surface area contributed by atoms with Crippen LogP contribution in [0.3, 0.4) is 0 Å². The summed E-state index contributed by atoms with van der Waals surface area (Å²) in [4.78, 5) is 4.37. The first-order chi connectivity index (χ1) is 8.72. The number of thioether (sulfide) groups is 1. The summed E-state index contributed by atoms with van der Waals surface area (Å²) in [5.41, 5.74) is 2.31. The quantitative estimate of drug-likeness (QED) is 0.856. The number of H-pyrrole nitrogens is 1. The molecule has 92 valence electrons. The molecule has 4 nitrogen and oxygen atoms in total. The highest BCUT2D eigenvalue weighted by atomic mass is 32.2. The molecule has 0 aliphatic rings. The van der Waals surface area contributed by atoms with E-state index in [0.29, 0.717) is 5.16 Å². The maximum Gasteiger partial charge on any atom is 0.210 e. The van der Waals surface area contributed by atoms with Crippen molar-refractivity contribution in [3.63, 3.8) is 0 Å². The van der Waals surface area contributed by atoms with Crippen molar-refractivity contribution in [1.29, 1.82) is 5.26 Å². The van der Waals surface area contributed by atoms with E-state index in [9.17, 15) is 0 Å². The highest BCUT2D eigenvalue weighted by molar-refractivity contribution is 8.00. The van der Waals surface area contributed by atoms with E-state index in [4.69, 9.17) is 5.26 Å². The molecular formula is C13H14N4S. The van der Waals surface area contributed by atoms with Crippen LogP contribution in [0.5, 0.6) is 0 Å². The molecule has 18 heavy (non-hydrogen) atoms. The first-order valence-corrected chi connectivity index (χ1v) is 6.69. The van der Waals surface area contributed by atoms with Gasteiger partial charge in [-0.1, -0.05) is 43.0 Å². The van der Waals surface area contributed by atoms with Gasteiger partial charge in [-0.3, -0.25) is 5.10 Å². The Labute approximate surface area is 110 Å². The van der Waals surface area contributed by atoms with Gasteiger partial charge in [-0.2, -0.15) is 5.26 Å². The van der Waals surface area contributed by atoms with Crippen LogP contribution in [0.2, 0.25) is 0 Å². The molecular weight excluding hydrogens is 244 g/mol. The lowest BCUT2D eigenvalue weighted by Crippen LogP contribution is -1.90. The second kappa shape index (κ2) is 5.69. The number of aromatic amines is 1. The molecule has 0 bridgehead atoms. The zero-order valence-electron chi connectivity index (χ0n) is 10.3. The molecule has 0 fully saturated rings. The van der Waals surface area contributed by atoms with Crippen LogP contribution >= 0.6 is 11.8 Å². The van der Waals surface area contributed by atoms with Gasteiger partial charge in [-0.15, -0.1) is 5.10 Å². The zero-order chi connectivity index (χ0) is 13.0. The van der Waals surface area contributed by atoms with Gasteiger partial charge in [-0.05, 0) is 18.9 Å². The highest BCUT2D eigenvalue weighted by Crippen LogP contribution is 2.22. The number of aryl methyl sites for hydroxylation is 1. The summed E-state index contributed by atoms with van der Waals surface area (Å²) >= 11 is 1.35. The van der Waals surface area contributed by atoms with Gasteiger partial charge in [0.15, 0.2) is 5.82 Å². The number of nitrogens with zero attached hydrogens (tertiary/aromatic N) is 3. The van der Waals surface area contributed by atoms with Crippen LogP contribution in [0, 0.1) is 11.3 Å². The van der Waals surface area contributed by atoms with Gasteiger partial charge in [-0.25, -0.2) is 4.98 Å². The minimum absolute atomic E-state index is 0.142. The largest absolute Gasteiger partial charge is 0.258 e. The molecule has 1 aromatic heterocycles. The van der Waals surface area contributed by atoms with Gasteiger partial charge in [0.25, 0.3) is 0 Å². The van der Waals surface area contributed by atoms with Crippen molar-refractivity contribution in [2.45, 2.75) is 30.7 Å². The van der Waals surface area contributed by atoms with E-state index in [1.54, 1.807) is 0 Å². The highest BCUT2D eigenvalue weighted by Gasteiger charge is 2.09. The summed E-state index contributed by atoms with van der Waals surface area (Å²) in [7, 11) is 0. The second-order valence-corrected chi connectivity index (χ2v) is 5.21. The zero-order valence-corrected chi connectivity index (χ0v) is 11.2. The average Bonchev–Trinajstić information content (AvgIpc) is 2.87. The SMILES string of the molecule is CCc1ccc(-c2nc(S[C@@H](C)C#N)n[nH]2)cc1. The minimum Gasteiger partial charge on any atom is -0.258 e. The maximum absolute atomic E-state index is 8.74. The number of hydrogen-bond donors (Lipinski definition) is 1. The van der Waals surface area contributed by atoms with Crippen LogP contribution in [0.1, 0.15) is 19.4 Å². The normalized spacial score (nSPS) is 12.1. The molecule has 1 heterocycles. The lowest BCUT2D eigenvalue weighted by atomic mass is 10.1. The lowest BCUT2D eigenvalue weighted by Gasteiger charge is -1.98. The van der Waals surface area contributed by atoms with Gasteiger partial charge in [0.2, 0.25) is 5.16 Å². The monoisotopic (exact) mass is 258 g/mol. The van der Waals surface area contributed by atoms with Crippen molar-refractivity contribution in [2.75, 3.05) is 0 Å². The molecule has 0 amide bonds. The van der Waals surface area contributed by atoms with Crippen LogP contribution in [0.25, 0.3) is 11.4 Å². The van der Waals surface area contributed by atoms with Gasteiger partial charge < -0.3 is 0 Å². The number of aromatic nitrogens is 3.